The van der Waals surface area contributed by atoms with Crippen molar-refractivity contribution in [1.29, 1.82) is 0 Å². The van der Waals surface area contributed by atoms with E-state index in [4.69, 9.17) is 11.6 Å². The Morgan fingerprint density at radius 2 is 1.90 bits per heavy atom. The van der Waals surface area contributed by atoms with Crippen molar-refractivity contribution in [3.63, 3.8) is 0 Å². The number of hydrogen-bond acceptors (Lipinski definition) is 2. The molecular weight excluding hydrogens is 272 g/mol. The third-order valence-electron chi connectivity index (χ3n) is 3.38. The second-order valence-corrected chi connectivity index (χ2v) is 5.28. The number of aliphatic imine (C=N–C) groups is 1. The Bertz CT molecular complexity index is 750. The van der Waals surface area contributed by atoms with Gasteiger partial charge in [-0.05, 0) is 37.1 Å². The molecule has 1 heterocycles. The number of rotatable bonds is 1. The van der Waals surface area contributed by atoms with Crippen LogP contribution >= 0.6 is 11.6 Å². The van der Waals surface area contributed by atoms with E-state index in [2.05, 4.69) is 10.3 Å². The maximum atomic E-state index is 12.1. The molecular formula is C16H13ClN2O. The molecule has 20 heavy (non-hydrogen) atoms. The third kappa shape index (κ3) is 2.10. The van der Waals surface area contributed by atoms with Gasteiger partial charge in [-0.15, -0.1) is 0 Å². The van der Waals surface area contributed by atoms with Gasteiger partial charge in [-0.1, -0.05) is 35.9 Å². The van der Waals surface area contributed by atoms with Gasteiger partial charge in [-0.3, -0.25) is 4.79 Å². The van der Waals surface area contributed by atoms with Crippen LogP contribution in [0.15, 0.2) is 41.4 Å². The molecule has 0 saturated carbocycles. The summed E-state index contributed by atoms with van der Waals surface area (Å²) < 4.78 is 0. The first-order valence-corrected chi connectivity index (χ1v) is 6.70. The molecule has 3 rings (SSSR count). The number of nitrogens with one attached hydrogen (secondary N) is 1. The highest BCUT2D eigenvalue weighted by atomic mass is 35.5. The van der Waals surface area contributed by atoms with Crippen LogP contribution in [0.5, 0.6) is 0 Å². The summed E-state index contributed by atoms with van der Waals surface area (Å²) in [6.45, 7) is 3.91. The highest BCUT2D eigenvalue weighted by molar-refractivity contribution is 6.54. The number of aryl methyl sites for hydroxylation is 2. The summed E-state index contributed by atoms with van der Waals surface area (Å²) in [5.41, 5.74) is 4.86. The summed E-state index contributed by atoms with van der Waals surface area (Å²) in [5.74, 6) is -0.173. The van der Waals surface area contributed by atoms with Crippen LogP contribution in [0.25, 0.3) is 0 Å². The topological polar surface area (TPSA) is 41.5 Å². The summed E-state index contributed by atoms with van der Waals surface area (Å²) in [4.78, 5) is 16.6. The van der Waals surface area contributed by atoms with Crippen molar-refractivity contribution in [3.8, 4) is 0 Å². The summed E-state index contributed by atoms with van der Waals surface area (Å²) in [7, 11) is 0. The highest BCUT2D eigenvalue weighted by Crippen LogP contribution is 2.30. The minimum Gasteiger partial charge on any atom is -0.320 e. The van der Waals surface area contributed by atoms with E-state index < -0.39 is 0 Å². The van der Waals surface area contributed by atoms with Crippen molar-refractivity contribution in [1.82, 2.24) is 0 Å². The molecule has 0 bridgehead atoms. The average molecular weight is 285 g/mol. The molecule has 2 aromatic carbocycles. The molecule has 0 aromatic heterocycles. The minimum atomic E-state index is -0.173. The second kappa shape index (κ2) is 4.76. The maximum absolute atomic E-state index is 12.1. The van der Waals surface area contributed by atoms with Crippen LogP contribution in [0.1, 0.15) is 16.7 Å². The first kappa shape index (κ1) is 12.9. The Balaban J connectivity index is 2.16. The van der Waals surface area contributed by atoms with E-state index in [1.165, 1.54) is 0 Å². The van der Waals surface area contributed by atoms with Gasteiger partial charge in [0.1, 0.15) is 5.71 Å². The molecule has 1 aliphatic heterocycles. The summed E-state index contributed by atoms with van der Waals surface area (Å²) in [6, 6.07) is 11.3. The van der Waals surface area contributed by atoms with Crippen LogP contribution in [-0.2, 0) is 4.79 Å². The molecule has 1 aliphatic rings. The van der Waals surface area contributed by atoms with Gasteiger partial charge in [0.15, 0.2) is 0 Å². The Kier molecular flexibility index (Phi) is 3.07. The zero-order chi connectivity index (χ0) is 14.3. The summed E-state index contributed by atoms with van der Waals surface area (Å²) in [5, 5.41) is 3.48. The van der Waals surface area contributed by atoms with Gasteiger partial charge in [0.25, 0.3) is 5.91 Å². The van der Waals surface area contributed by atoms with Crippen LogP contribution in [0.4, 0.5) is 11.4 Å². The van der Waals surface area contributed by atoms with E-state index in [1.807, 2.05) is 44.2 Å². The predicted molar refractivity (Wildman–Crippen MR) is 82.2 cm³/mol. The maximum Gasteiger partial charge on any atom is 0.275 e. The molecule has 1 amide bonds. The van der Waals surface area contributed by atoms with Crippen molar-refractivity contribution in [2.45, 2.75) is 13.8 Å². The number of anilines is 1. The van der Waals surface area contributed by atoms with E-state index in [0.717, 1.165) is 28.1 Å². The highest BCUT2D eigenvalue weighted by Gasteiger charge is 2.27. The van der Waals surface area contributed by atoms with Crippen molar-refractivity contribution < 1.29 is 4.79 Å². The van der Waals surface area contributed by atoms with E-state index in [9.17, 15) is 4.79 Å². The van der Waals surface area contributed by atoms with Crippen molar-refractivity contribution >= 4 is 34.6 Å². The Hall–Kier alpha value is -2.13. The lowest BCUT2D eigenvalue weighted by atomic mass is 10.1. The number of para-hydroxylation sites is 1. The SMILES string of the molecule is Cc1ccc(Cl)cc1N=C1C(=O)Nc2c(C)cccc21. The Morgan fingerprint density at radius 1 is 1.10 bits per heavy atom. The van der Waals surface area contributed by atoms with Gasteiger partial charge < -0.3 is 5.32 Å². The van der Waals surface area contributed by atoms with Crippen LogP contribution < -0.4 is 5.32 Å². The minimum absolute atomic E-state index is 0.173. The normalized spacial score (nSPS) is 15.3. The largest absolute Gasteiger partial charge is 0.320 e. The molecule has 0 fully saturated rings. The van der Waals surface area contributed by atoms with Gasteiger partial charge in [-0.2, -0.15) is 0 Å². The smallest absolute Gasteiger partial charge is 0.275 e. The number of halogens is 1. The fraction of sp³-hybridized carbons (Fsp3) is 0.125. The van der Waals surface area contributed by atoms with Crippen molar-refractivity contribution in [2.24, 2.45) is 4.99 Å². The zero-order valence-electron chi connectivity index (χ0n) is 11.2. The van der Waals surface area contributed by atoms with Crippen molar-refractivity contribution in [2.75, 3.05) is 5.32 Å². The number of benzene rings is 2. The van der Waals surface area contributed by atoms with Crippen LogP contribution in [-0.4, -0.2) is 11.6 Å². The fourth-order valence-corrected chi connectivity index (χ4v) is 2.43. The van der Waals surface area contributed by atoms with E-state index in [0.29, 0.717) is 10.7 Å². The van der Waals surface area contributed by atoms with Crippen molar-refractivity contribution in [3.05, 3.63) is 58.1 Å². The average Bonchev–Trinajstić information content (AvgIpc) is 2.73. The zero-order valence-corrected chi connectivity index (χ0v) is 12.0. The molecule has 4 heteroatoms. The fourth-order valence-electron chi connectivity index (χ4n) is 2.26. The van der Waals surface area contributed by atoms with E-state index in [1.54, 1.807) is 6.07 Å². The molecule has 0 aliphatic carbocycles. The lowest BCUT2D eigenvalue weighted by molar-refractivity contribution is -0.110. The number of fused-ring (bicyclic) bond motifs is 1. The number of carbonyl (C=O) groups is 1. The molecule has 100 valence electrons. The van der Waals surface area contributed by atoms with Gasteiger partial charge in [0, 0.05) is 10.6 Å². The number of hydrogen-bond donors (Lipinski definition) is 1. The molecule has 3 nitrogen and oxygen atoms in total. The number of nitrogens with zero attached hydrogens (tertiary/aromatic N) is 1. The second-order valence-electron chi connectivity index (χ2n) is 4.84. The molecule has 0 unspecified atom stereocenters. The number of amides is 1. The number of carbonyl (C=O) groups excluding carboxylic acids is 1. The molecule has 0 radical (unpaired) electrons. The first-order valence-electron chi connectivity index (χ1n) is 6.32. The predicted octanol–water partition coefficient (Wildman–Crippen LogP) is 4.03. The monoisotopic (exact) mass is 284 g/mol. The van der Waals surface area contributed by atoms with E-state index >= 15 is 0 Å². The van der Waals surface area contributed by atoms with Gasteiger partial charge in [0.05, 0.1) is 11.4 Å². The van der Waals surface area contributed by atoms with Gasteiger partial charge in [0.2, 0.25) is 0 Å². The van der Waals surface area contributed by atoms with Crippen LogP contribution in [0, 0.1) is 13.8 Å². The molecule has 0 atom stereocenters. The van der Waals surface area contributed by atoms with E-state index in [-0.39, 0.29) is 5.91 Å². The molecule has 0 saturated heterocycles. The summed E-state index contributed by atoms with van der Waals surface area (Å²) in [6.07, 6.45) is 0. The summed E-state index contributed by atoms with van der Waals surface area (Å²) >= 11 is 5.99. The lowest BCUT2D eigenvalue weighted by Gasteiger charge is -2.03. The quantitative estimate of drug-likeness (QED) is 0.844. The Morgan fingerprint density at radius 3 is 2.70 bits per heavy atom. The molecule has 2 aromatic rings. The van der Waals surface area contributed by atoms with Gasteiger partial charge >= 0.3 is 0 Å². The first-order chi connectivity index (χ1) is 9.56. The Labute approximate surface area is 122 Å². The standard InChI is InChI=1S/C16H13ClN2O/c1-9-6-7-11(17)8-13(9)18-15-12-5-3-4-10(2)14(12)19-16(15)20/h3-8H,1-2H3,(H,18,19,20). The molecule has 1 N–H and O–H groups in total. The van der Waals surface area contributed by atoms with Crippen LogP contribution in [0.2, 0.25) is 5.02 Å². The lowest BCUT2D eigenvalue weighted by Crippen LogP contribution is -2.14. The molecule has 0 spiro atoms. The third-order valence-corrected chi connectivity index (χ3v) is 3.62. The van der Waals surface area contributed by atoms with Gasteiger partial charge in [-0.25, -0.2) is 4.99 Å². The van der Waals surface area contributed by atoms with Crippen LogP contribution in [0.3, 0.4) is 0 Å².